The van der Waals surface area contributed by atoms with Crippen LogP contribution in [0.2, 0.25) is 0 Å². The molecule has 0 spiro atoms. The lowest BCUT2D eigenvalue weighted by Crippen LogP contribution is -2.21. The molecule has 1 aromatic heterocycles. The summed E-state index contributed by atoms with van der Waals surface area (Å²) in [7, 11) is 0. The van der Waals surface area contributed by atoms with Gasteiger partial charge in [-0.3, -0.25) is 0 Å². The van der Waals surface area contributed by atoms with Crippen LogP contribution < -0.4 is 5.32 Å². The minimum Gasteiger partial charge on any atom is -0.467 e. The maximum absolute atomic E-state index is 12.8. The first-order valence-corrected chi connectivity index (χ1v) is 5.33. The van der Waals surface area contributed by atoms with Crippen LogP contribution in [0.1, 0.15) is 24.3 Å². The molecule has 0 aliphatic heterocycles. The molecule has 1 atom stereocenters. The van der Waals surface area contributed by atoms with Gasteiger partial charge in [0.05, 0.1) is 12.3 Å². The van der Waals surface area contributed by atoms with Gasteiger partial charge in [0.1, 0.15) is 11.6 Å². The Labute approximate surface area is 94.1 Å². The number of furan rings is 1. The van der Waals surface area contributed by atoms with Crippen molar-refractivity contribution >= 4 is 0 Å². The van der Waals surface area contributed by atoms with Crippen molar-refractivity contribution in [2.75, 3.05) is 6.54 Å². The van der Waals surface area contributed by atoms with Gasteiger partial charge in [0.2, 0.25) is 0 Å². The maximum atomic E-state index is 12.8. The molecule has 3 heteroatoms. The fraction of sp³-hybridized carbons (Fsp3) is 0.231. The van der Waals surface area contributed by atoms with Gasteiger partial charge in [-0.2, -0.15) is 0 Å². The summed E-state index contributed by atoms with van der Waals surface area (Å²) >= 11 is 0. The molecule has 0 bridgehead atoms. The summed E-state index contributed by atoms with van der Waals surface area (Å²) in [6, 6.07) is 10.2. The lowest BCUT2D eigenvalue weighted by molar-refractivity contribution is 0.452. The summed E-state index contributed by atoms with van der Waals surface area (Å²) < 4.78 is 18.2. The van der Waals surface area contributed by atoms with Crippen molar-refractivity contribution in [3.8, 4) is 0 Å². The average Bonchev–Trinajstić information content (AvgIpc) is 2.81. The highest BCUT2D eigenvalue weighted by atomic mass is 19.1. The van der Waals surface area contributed by atoms with Crippen LogP contribution in [0.3, 0.4) is 0 Å². The number of rotatable bonds is 4. The Bertz CT molecular complexity index is 422. The van der Waals surface area contributed by atoms with E-state index in [9.17, 15) is 4.39 Å². The fourth-order valence-corrected chi connectivity index (χ4v) is 1.70. The predicted octanol–water partition coefficient (Wildman–Crippen LogP) is 3.12. The molecule has 0 radical (unpaired) electrons. The molecule has 2 rings (SSSR count). The van der Waals surface area contributed by atoms with Crippen LogP contribution in [0.4, 0.5) is 4.39 Å². The Morgan fingerprint density at radius 3 is 2.56 bits per heavy atom. The number of halogens is 1. The SMILES string of the molecule is CCNC(c1ccc(F)cc1)c1ccco1. The molecule has 0 aliphatic rings. The van der Waals surface area contributed by atoms with Gasteiger partial charge in [0.25, 0.3) is 0 Å². The van der Waals surface area contributed by atoms with E-state index < -0.39 is 0 Å². The Kier molecular flexibility index (Phi) is 3.37. The normalized spacial score (nSPS) is 12.6. The van der Waals surface area contributed by atoms with E-state index in [1.807, 2.05) is 19.1 Å². The molecule has 0 fully saturated rings. The van der Waals surface area contributed by atoms with Gasteiger partial charge in [-0.25, -0.2) is 4.39 Å². The molecular weight excluding hydrogens is 205 g/mol. The van der Waals surface area contributed by atoms with Crippen LogP contribution in [0.15, 0.2) is 47.1 Å². The topological polar surface area (TPSA) is 25.2 Å². The van der Waals surface area contributed by atoms with E-state index >= 15 is 0 Å². The standard InChI is InChI=1S/C13H14FNO/c1-2-15-13(12-4-3-9-16-12)10-5-7-11(14)8-6-10/h3-9,13,15H,2H2,1H3. The van der Waals surface area contributed by atoms with Gasteiger partial charge in [0, 0.05) is 0 Å². The largest absolute Gasteiger partial charge is 0.467 e. The molecule has 2 aromatic rings. The van der Waals surface area contributed by atoms with Gasteiger partial charge in [-0.1, -0.05) is 19.1 Å². The third-order valence-electron chi connectivity index (χ3n) is 2.44. The van der Waals surface area contributed by atoms with Gasteiger partial charge >= 0.3 is 0 Å². The third kappa shape index (κ3) is 2.31. The van der Waals surface area contributed by atoms with E-state index in [-0.39, 0.29) is 11.9 Å². The van der Waals surface area contributed by atoms with Crippen molar-refractivity contribution in [3.63, 3.8) is 0 Å². The maximum Gasteiger partial charge on any atom is 0.125 e. The van der Waals surface area contributed by atoms with Crippen molar-refractivity contribution in [2.24, 2.45) is 0 Å². The summed E-state index contributed by atoms with van der Waals surface area (Å²) in [5, 5.41) is 3.30. The average molecular weight is 219 g/mol. The van der Waals surface area contributed by atoms with E-state index in [0.717, 1.165) is 17.9 Å². The Morgan fingerprint density at radius 1 is 1.25 bits per heavy atom. The molecule has 1 aromatic carbocycles. The summed E-state index contributed by atoms with van der Waals surface area (Å²) in [4.78, 5) is 0. The van der Waals surface area contributed by atoms with E-state index in [0.29, 0.717) is 0 Å². The summed E-state index contributed by atoms with van der Waals surface area (Å²) in [5.41, 5.74) is 0.998. The molecule has 2 nitrogen and oxygen atoms in total. The summed E-state index contributed by atoms with van der Waals surface area (Å²) in [6.07, 6.45) is 1.64. The van der Waals surface area contributed by atoms with E-state index in [2.05, 4.69) is 5.32 Å². The molecule has 0 aliphatic carbocycles. The zero-order chi connectivity index (χ0) is 11.4. The highest BCUT2D eigenvalue weighted by molar-refractivity contribution is 5.26. The van der Waals surface area contributed by atoms with Crippen molar-refractivity contribution in [1.29, 1.82) is 0 Å². The second kappa shape index (κ2) is 4.94. The zero-order valence-corrected chi connectivity index (χ0v) is 9.11. The van der Waals surface area contributed by atoms with E-state index in [4.69, 9.17) is 4.42 Å². The number of hydrogen-bond donors (Lipinski definition) is 1. The number of benzene rings is 1. The van der Waals surface area contributed by atoms with Crippen LogP contribution in [-0.2, 0) is 0 Å². The van der Waals surface area contributed by atoms with Crippen LogP contribution in [0.25, 0.3) is 0 Å². The number of nitrogens with one attached hydrogen (secondary N) is 1. The zero-order valence-electron chi connectivity index (χ0n) is 9.11. The van der Waals surface area contributed by atoms with E-state index in [1.165, 1.54) is 12.1 Å². The second-order valence-corrected chi connectivity index (χ2v) is 3.56. The minimum absolute atomic E-state index is 0.0133. The first-order valence-electron chi connectivity index (χ1n) is 5.33. The summed E-state index contributed by atoms with van der Waals surface area (Å²) in [5.74, 6) is 0.618. The smallest absolute Gasteiger partial charge is 0.125 e. The minimum atomic E-state index is -0.224. The monoisotopic (exact) mass is 219 g/mol. The number of hydrogen-bond acceptors (Lipinski definition) is 2. The lowest BCUT2D eigenvalue weighted by atomic mass is 10.0. The van der Waals surface area contributed by atoms with Crippen molar-refractivity contribution in [1.82, 2.24) is 5.32 Å². The quantitative estimate of drug-likeness (QED) is 0.854. The van der Waals surface area contributed by atoms with E-state index in [1.54, 1.807) is 18.4 Å². The van der Waals surface area contributed by atoms with Crippen LogP contribution in [0, 0.1) is 5.82 Å². The molecule has 1 heterocycles. The first kappa shape index (κ1) is 10.9. The highest BCUT2D eigenvalue weighted by Gasteiger charge is 2.15. The Balaban J connectivity index is 2.29. The molecule has 1 unspecified atom stereocenters. The summed E-state index contributed by atoms with van der Waals surface area (Å²) in [6.45, 7) is 2.85. The molecule has 16 heavy (non-hydrogen) atoms. The fourth-order valence-electron chi connectivity index (χ4n) is 1.70. The highest BCUT2D eigenvalue weighted by Crippen LogP contribution is 2.22. The molecule has 0 amide bonds. The Hall–Kier alpha value is -1.61. The molecule has 0 saturated heterocycles. The van der Waals surface area contributed by atoms with Crippen LogP contribution in [0.5, 0.6) is 0 Å². The lowest BCUT2D eigenvalue weighted by Gasteiger charge is -2.15. The second-order valence-electron chi connectivity index (χ2n) is 3.56. The van der Waals surface area contributed by atoms with Crippen LogP contribution >= 0.6 is 0 Å². The van der Waals surface area contributed by atoms with Crippen molar-refractivity contribution in [2.45, 2.75) is 13.0 Å². The third-order valence-corrected chi connectivity index (χ3v) is 2.44. The first-order chi connectivity index (χ1) is 7.81. The van der Waals surface area contributed by atoms with Crippen LogP contribution in [-0.4, -0.2) is 6.54 Å². The predicted molar refractivity (Wildman–Crippen MR) is 60.6 cm³/mol. The van der Waals surface area contributed by atoms with Crippen molar-refractivity contribution in [3.05, 3.63) is 59.8 Å². The van der Waals surface area contributed by atoms with Gasteiger partial charge in [0.15, 0.2) is 0 Å². The van der Waals surface area contributed by atoms with Gasteiger partial charge < -0.3 is 9.73 Å². The molecule has 84 valence electrons. The Morgan fingerprint density at radius 2 is 2.00 bits per heavy atom. The van der Waals surface area contributed by atoms with Crippen molar-refractivity contribution < 1.29 is 8.81 Å². The van der Waals surface area contributed by atoms with Gasteiger partial charge in [-0.05, 0) is 36.4 Å². The van der Waals surface area contributed by atoms with Gasteiger partial charge in [-0.15, -0.1) is 0 Å². The molecular formula is C13H14FNO. The molecule has 1 N–H and O–H groups in total. The molecule has 0 saturated carbocycles.